The highest BCUT2D eigenvalue weighted by molar-refractivity contribution is 5.85. The Morgan fingerprint density at radius 1 is 0.929 bits per heavy atom. The maximum atomic E-state index is 13.1. The van der Waals surface area contributed by atoms with Crippen molar-refractivity contribution in [3.63, 3.8) is 0 Å². The van der Waals surface area contributed by atoms with E-state index in [2.05, 4.69) is 26.8 Å². The van der Waals surface area contributed by atoms with Crippen LogP contribution in [0.25, 0.3) is 0 Å². The molecule has 0 N–H and O–H groups in total. The van der Waals surface area contributed by atoms with Crippen molar-refractivity contribution in [3.8, 4) is 0 Å². The number of morpholine rings is 1. The molecule has 3 aliphatic rings. The molecule has 1 unspecified atom stereocenters. The average Bonchev–Trinajstić information content (AvgIpc) is 3.30. The number of hydrogen-bond acceptors (Lipinski definition) is 5. The van der Waals surface area contributed by atoms with Gasteiger partial charge in [-0.3, -0.25) is 14.6 Å². The van der Waals surface area contributed by atoms with Gasteiger partial charge in [-0.05, 0) is 24.9 Å². The Labute approximate surface area is 168 Å². The summed E-state index contributed by atoms with van der Waals surface area (Å²) >= 11 is 0. The number of hydrogen-bond donors (Lipinski definition) is 0. The molecule has 1 atom stereocenters. The molecule has 1 spiro atoms. The summed E-state index contributed by atoms with van der Waals surface area (Å²) in [5.41, 5.74) is 1.08. The molecule has 154 valence electrons. The van der Waals surface area contributed by atoms with Crippen molar-refractivity contribution in [2.24, 2.45) is 5.41 Å². The fraction of sp³-hybridized carbons (Fsp3) is 0.682. The summed E-state index contributed by atoms with van der Waals surface area (Å²) in [5, 5.41) is 0. The monoisotopic (exact) mass is 387 g/mol. The fourth-order valence-electron chi connectivity index (χ4n) is 4.68. The van der Waals surface area contributed by atoms with Crippen molar-refractivity contribution < 1.29 is 14.3 Å². The van der Waals surface area contributed by atoms with Crippen molar-refractivity contribution in [1.82, 2.24) is 14.7 Å². The molecule has 3 fully saturated rings. The number of carbonyl (C=O) groups excluding carboxylic acids is 1. The molecule has 3 aliphatic heterocycles. The average molecular weight is 388 g/mol. The van der Waals surface area contributed by atoms with E-state index in [9.17, 15) is 4.79 Å². The lowest BCUT2D eigenvalue weighted by Crippen LogP contribution is -2.43. The van der Waals surface area contributed by atoms with Gasteiger partial charge < -0.3 is 14.4 Å². The Morgan fingerprint density at radius 3 is 2.54 bits per heavy atom. The molecule has 0 bridgehead atoms. The smallest absolute Gasteiger partial charge is 0.230 e. The molecule has 0 aromatic heterocycles. The van der Waals surface area contributed by atoms with Crippen LogP contribution in [0.3, 0.4) is 0 Å². The number of benzene rings is 1. The first-order chi connectivity index (χ1) is 13.8. The van der Waals surface area contributed by atoms with Crippen molar-refractivity contribution in [3.05, 3.63) is 35.9 Å². The lowest BCUT2D eigenvalue weighted by atomic mass is 9.85. The summed E-state index contributed by atoms with van der Waals surface area (Å²) < 4.78 is 11.2. The molecule has 28 heavy (non-hydrogen) atoms. The third-order valence-electron chi connectivity index (χ3n) is 6.49. The minimum absolute atomic E-state index is 0.134. The maximum absolute atomic E-state index is 13.1. The molecular formula is C22H33N3O3. The van der Waals surface area contributed by atoms with Gasteiger partial charge in [-0.15, -0.1) is 0 Å². The molecule has 3 saturated heterocycles. The second-order valence-corrected chi connectivity index (χ2v) is 8.34. The van der Waals surface area contributed by atoms with E-state index in [1.165, 1.54) is 5.56 Å². The topological polar surface area (TPSA) is 45.2 Å². The summed E-state index contributed by atoms with van der Waals surface area (Å²) in [6.45, 7) is 10.6. The Kier molecular flexibility index (Phi) is 6.62. The lowest BCUT2D eigenvalue weighted by Gasteiger charge is -2.29. The Hall–Kier alpha value is -1.47. The van der Waals surface area contributed by atoms with Crippen molar-refractivity contribution >= 4 is 5.91 Å². The molecule has 0 saturated carbocycles. The van der Waals surface area contributed by atoms with Crippen LogP contribution in [-0.4, -0.2) is 92.8 Å². The summed E-state index contributed by atoms with van der Waals surface area (Å²) in [7, 11) is 0. The molecule has 1 amide bonds. The highest BCUT2D eigenvalue weighted by Crippen LogP contribution is 2.40. The summed E-state index contributed by atoms with van der Waals surface area (Å²) in [5.74, 6) is 0.383. The van der Waals surface area contributed by atoms with Gasteiger partial charge >= 0.3 is 0 Å². The third-order valence-corrected chi connectivity index (χ3v) is 6.49. The number of carbonyl (C=O) groups is 1. The van der Waals surface area contributed by atoms with Gasteiger partial charge in [-0.25, -0.2) is 0 Å². The van der Waals surface area contributed by atoms with Gasteiger partial charge in [0.25, 0.3) is 0 Å². The number of likely N-dealkylation sites (tertiary alicyclic amines) is 2. The zero-order valence-corrected chi connectivity index (χ0v) is 16.9. The Bertz CT molecular complexity index is 635. The second kappa shape index (κ2) is 9.35. The van der Waals surface area contributed by atoms with Crippen LogP contribution < -0.4 is 0 Å². The van der Waals surface area contributed by atoms with E-state index in [1.807, 2.05) is 18.2 Å². The first-order valence-corrected chi connectivity index (χ1v) is 10.7. The molecule has 0 radical (unpaired) electrons. The highest BCUT2D eigenvalue weighted by atomic mass is 16.5. The molecule has 6 heteroatoms. The van der Waals surface area contributed by atoms with Crippen LogP contribution in [0.5, 0.6) is 0 Å². The second-order valence-electron chi connectivity index (χ2n) is 8.34. The van der Waals surface area contributed by atoms with E-state index < -0.39 is 0 Å². The first-order valence-electron chi connectivity index (χ1n) is 10.7. The van der Waals surface area contributed by atoms with Gasteiger partial charge in [0, 0.05) is 45.8 Å². The van der Waals surface area contributed by atoms with E-state index >= 15 is 0 Å². The standard InChI is InChI=1S/C22H33N3O3/c26-21-22(7-9-25(21)11-10-23-12-15-27-16-13-23)6-8-24(19-22)14-17-28-18-20-4-2-1-3-5-20/h1-5H,6-19H2. The highest BCUT2D eigenvalue weighted by Gasteiger charge is 2.50. The maximum Gasteiger partial charge on any atom is 0.230 e. The van der Waals surface area contributed by atoms with Crippen LogP contribution in [0, 0.1) is 5.41 Å². The van der Waals surface area contributed by atoms with Crippen LogP contribution in [0.1, 0.15) is 18.4 Å². The van der Waals surface area contributed by atoms with Gasteiger partial charge in [0.05, 0.1) is 31.8 Å². The Balaban J connectivity index is 1.18. The normalized spacial score (nSPS) is 26.6. The number of nitrogens with zero attached hydrogens (tertiary/aromatic N) is 3. The molecule has 6 nitrogen and oxygen atoms in total. The Morgan fingerprint density at radius 2 is 1.71 bits per heavy atom. The van der Waals surface area contributed by atoms with Crippen LogP contribution in [0.15, 0.2) is 30.3 Å². The van der Waals surface area contributed by atoms with Crippen LogP contribution in [0.4, 0.5) is 0 Å². The molecule has 1 aromatic carbocycles. The van der Waals surface area contributed by atoms with E-state index in [4.69, 9.17) is 9.47 Å². The lowest BCUT2D eigenvalue weighted by molar-refractivity contribution is -0.135. The third kappa shape index (κ3) is 4.74. The van der Waals surface area contributed by atoms with Crippen molar-refractivity contribution in [2.75, 3.05) is 72.2 Å². The predicted molar refractivity (Wildman–Crippen MR) is 108 cm³/mol. The summed E-state index contributed by atoms with van der Waals surface area (Å²) in [4.78, 5) is 20.0. The van der Waals surface area contributed by atoms with Crippen molar-refractivity contribution in [2.45, 2.75) is 19.4 Å². The minimum atomic E-state index is -0.134. The van der Waals surface area contributed by atoms with Gasteiger partial charge in [0.1, 0.15) is 0 Å². The van der Waals surface area contributed by atoms with Crippen molar-refractivity contribution in [1.29, 1.82) is 0 Å². The van der Waals surface area contributed by atoms with E-state index in [1.54, 1.807) is 0 Å². The zero-order valence-electron chi connectivity index (χ0n) is 16.9. The van der Waals surface area contributed by atoms with Crippen LogP contribution in [-0.2, 0) is 20.9 Å². The van der Waals surface area contributed by atoms with Crippen LogP contribution >= 0.6 is 0 Å². The van der Waals surface area contributed by atoms with E-state index in [0.717, 1.165) is 85.0 Å². The van der Waals surface area contributed by atoms with Gasteiger partial charge in [-0.1, -0.05) is 30.3 Å². The van der Waals surface area contributed by atoms with Gasteiger partial charge in [-0.2, -0.15) is 0 Å². The molecular weight excluding hydrogens is 354 g/mol. The summed E-state index contributed by atoms with van der Waals surface area (Å²) in [6.07, 6.45) is 2.01. The van der Waals surface area contributed by atoms with Crippen LogP contribution in [0.2, 0.25) is 0 Å². The summed E-state index contributed by atoms with van der Waals surface area (Å²) in [6, 6.07) is 10.3. The fourth-order valence-corrected chi connectivity index (χ4v) is 4.68. The SMILES string of the molecule is O=C1N(CCN2CCOCC2)CCC12CCN(CCOCc1ccccc1)C2. The minimum Gasteiger partial charge on any atom is -0.379 e. The van der Waals surface area contributed by atoms with E-state index in [-0.39, 0.29) is 5.41 Å². The zero-order chi connectivity index (χ0) is 19.2. The van der Waals surface area contributed by atoms with E-state index in [0.29, 0.717) is 12.5 Å². The number of ether oxygens (including phenoxy) is 2. The number of rotatable bonds is 8. The molecule has 0 aliphatic carbocycles. The largest absolute Gasteiger partial charge is 0.379 e. The van der Waals surface area contributed by atoms with Gasteiger partial charge in [0.2, 0.25) is 5.91 Å². The van der Waals surface area contributed by atoms with Gasteiger partial charge in [0.15, 0.2) is 0 Å². The predicted octanol–water partition coefficient (Wildman–Crippen LogP) is 1.46. The quantitative estimate of drug-likeness (QED) is 0.632. The number of amides is 1. The molecule has 4 rings (SSSR count). The molecule has 1 aromatic rings. The molecule has 3 heterocycles. The first kappa shape index (κ1) is 19.8.